The number of thiophene rings is 1. The first-order valence-corrected chi connectivity index (χ1v) is 7.25. The van der Waals surface area contributed by atoms with Crippen LogP contribution in [-0.4, -0.2) is 11.9 Å². The van der Waals surface area contributed by atoms with Gasteiger partial charge in [0.1, 0.15) is 0 Å². The third-order valence-corrected chi connectivity index (χ3v) is 3.95. The van der Waals surface area contributed by atoms with E-state index in [9.17, 15) is 4.79 Å². The van der Waals surface area contributed by atoms with E-state index in [1.54, 1.807) is 11.3 Å². The molecule has 110 valence electrons. The van der Waals surface area contributed by atoms with Gasteiger partial charge in [0.05, 0.1) is 12.1 Å². The maximum absolute atomic E-state index is 11.9. The lowest BCUT2D eigenvalue weighted by Gasteiger charge is -2.18. The Morgan fingerprint density at radius 1 is 1.37 bits per heavy atom. The van der Waals surface area contributed by atoms with Crippen molar-refractivity contribution in [3.63, 3.8) is 0 Å². The van der Waals surface area contributed by atoms with E-state index in [0.29, 0.717) is 5.92 Å². The second-order valence-electron chi connectivity index (χ2n) is 5.33. The predicted octanol–water partition coefficient (Wildman–Crippen LogP) is 3.34. The minimum Gasteiger partial charge on any atom is -0.348 e. The SMILES string of the molecule is Cc1cc(C(C)NC(=O)[C@@H](N)CC(C)C)c(C)s1.Cl. The molecule has 0 radical (unpaired) electrons. The fraction of sp³-hybridized carbons (Fsp3) is 0.643. The van der Waals surface area contributed by atoms with Crippen LogP contribution in [0.5, 0.6) is 0 Å². The Labute approximate surface area is 126 Å². The monoisotopic (exact) mass is 304 g/mol. The van der Waals surface area contributed by atoms with Gasteiger partial charge in [-0.1, -0.05) is 13.8 Å². The molecule has 1 rings (SSSR count). The van der Waals surface area contributed by atoms with E-state index in [0.717, 1.165) is 6.42 Å². The summed E-state index contributed by atoms with van der Waals surface area (Å²) in [6, 6.07) is 1.76. The molecule has 0 bridgehead atoms. The van der Waals surface area contributed by atoms with E-state index in [1.165, 1.54) is 15.3 Å². The number of hydrogen-bond donors (Lipinski definition) is 2. The van der Waals surface area contributed by atoms with Crippen LogP contribution in [0.1, 0.15) is 48.6 Å². The smallest absolute Gasteiger partial charge is 0.237 e. The van der Waals surface area contributed by atoms with E-state index in [-0.39, 0.29) is 24.4 Å². The standard InChI is InChI=1S/C14H24N2OS.ClH/c1-8(2)6-13(15)14(17)16-10(4)12-7-9(3)18-11(12)5;/h7-8,10,13H,6,15H2,1-5H3,(H,16,17);1H/t10?,13-;/m0./s1. The first-order valence-electron chi connectivity index (χ1n) is 6.44. The lowest BCUT2D eigenvalue weighted by molar-refractivity contribution is -0.123. The van der Waals surface area contributed by atoms with Gasteiger partial charge in [-0.25, -0.2) is 0 Å². The number of carbonyl (C=O) groups excluding carboxylic acids is 1. The van der Waals surface area contributed by atoms with Gasteiger partial charge in [0.15, 0.2) is 0 Å². The highest BCUT2D eigenvalue weighted by Crippen LogP contribution is 2.26. The lowest BCUT2D eigenvalue weighted by Crippen LogP contribution is -2.42. The summed E-state index contributed by atoms with van der Waals surface area (Å²) >= 11 is 1.76. The molecule has 1 amide bonds. The summed E-state index contributed by atoms with van der Waals surface area (Å²) in [6.45, 7) is 10.3. The quantitative estimate of drug-likeness (QED) is 0.876. The molecule has 19 heavy (non-hydrogen) atoms. The van der Waals surface area contributed by atoms with Crippen LogP contribution >= 0.6 is 23.7 Å². The van der Waals surface area contributed by atoms with Crippen LogP contribution in [0, 0.1) is 19.8 Å². The molecule has 3 nitrogen and oxygen atoms in total. The van der Waals surface area contributed by atoms with Crippen molar-refractivity contribution >= 4 is 29.7 Å². The molecule has 3 N–H and O–H groups in total. The number of rotatable bonds is 5. The molecule has 1 aromatic rings. The summed E-state index contributed by atoms with van der Waals surface area (Å²) in [5.41, 5.74) is 7.08. The van der Waals surface area contributed by atoms with Gasteiger partial charge in [0.25, 0.3) is 0 Å². The summed E-state index contributed by atoms with van der Waals surface area (Å²) in [6.07, 6.45) is 0.722. The van der Waals surface area contributed by atoms with E-state index >= 15 is 0 Å². The number of carbonyl (C=O) groups is 1. The number of nitrogens with one attached hydrogen (secondary N) is 1. The summed E-state index contributed by atoms with van der Waals surface area (Å²) in [4.78, 5) is 14.5. The Hall–Kier alpha value is -0.580. The Morgan fingerprint density at radius 3 is 2.37 bits per heavy atom. The molecule has 0 saturated carbocycles. The van der Waals surface area contributed by atoms with Gasteiger partial charge >= 0.3 is 0 Å². The average Bonchev–Trinajstić information content (AvgIpc) is 2.56. The van der Waals surface area contributed by atoms with Crippen LogP contribution in [0.2, 0.25) is 0 Å². The number of nitrogens with two attached hydrogens (primary N) is 1. The van der Waals surface area contributed by atoms with Gasteiger partial charge in [-0.3, -0.25) is 4.79 Å². The molecule has 2 atom stereocenters. The van der Waals surface area contributed by atoms with Crippen molar-refractivity contribution in [3.05, 3.63) is 21.4 Å². The van der Waals surface area contributed by atoms with Crippen LogP contribution in [-0.2, 0) is 4.79 Å². The molecule has 1 heterocycles. The number of amides is 1. The number of aryl methyl sites for hydroxylation is 2. The third-order valence-electron chi connectivity index (χ3n) is 2.97. The average molecular weight is 305 g/mol. The molecule has 0 fully saturated rings. The third kappa shape index (κ3) is 5.51. The van der Waals surface area contributed by atoms with Crippen LogP contribution in [0.15, 0.2) is 6.07 Å². The van der Waals surface area contributed by atoms with E-state index in [2.05, 4.69) is 39.1 Å². The van der Waals surface area contributed by atoms with Crippen molar-refractivity contribution in [2.75, 3.05) is 0 Å². The normalized spacial score (nSPS) is 13.8. The fourth-order valence-corrected chi connectivity index (χ4v) is 3.12. The number of hydrogen-bond acceptors (Lipinski definition) is 3. The van der Waals surface area contributed by atoms with E-state index in [1.807, 2.05) is 6.92 Å². The van der Waals surface area contributed by atoms with E-state index in [4.69, 9.17) is 5.73 Å². The van der Waals surface area contributed by atoms with Gasteiger partial charge in [-0.05, 0) is 44.7 Å². The molecule has 0 aliphatic rings. The summed E-state index contributed by atoms with van der Waals surface area (Å²) in [7, 11) is 0. The Morgan fingerprint density at radius 2 is 1.95 bits per heavy atom. The highest BCUT2D eigenvalue weighted by molar-refractivity contribution is 7.12. The van der Waals surface area contributed by atoms with Crippen molar-refractivity contribution in [2.24, 2.45) is 11.7 Å². The lowest BCUT2D eigenvalue weighted by atomic mass is 10.0. The molecule has 0 aliphatic heterocycles. The topological polar surface area (TPSA) is 55.1 Å². The fourth-order valence-electron chi connectivity index (χ4n) is 2.09. The second-order valence-corrected chi connectivity index (χ2v) is 6.80. The van der Waals surface area contributed by atoms with Gasteiger partial charge < -0.3 is 11.1 Å². The zero-order valence-electron chi connectivity index (χ0n) is 12.3. The molecule has 0 aromatic carbocycles. The van der Waals surface area contributed by atoms with Crippen LogP contribution < -0.4 is 11.1 Å². The molecule has 0 saturated heterocycles. The largest absolute Gasteiger partial charge is 0.348 e. The van der Waals surface area contributed by atoms with Gasteiger partial charge in [0, 0.05) is 9.75 Å². The summed E-state index contributed by atoms with van der Waals surface area (Å²) in [5.74, 6) is 0.380. The molecule has 0 aliphatic carbocycles. The minimum atomic E-state index is -0.410. The first-order chi connectivity index (χ1) is 8.31. The van der Waals surface area contributed by atoms with Crippen LogP contribution in [0.4, 0.5) is 0 Å². The Kier molecular flexibility index (Phi) is 7.64. The molecule has 1 aromatic heterocycles. The summed E-state index contributed by atoms with van der Waals surface area (Å²) in [5, 5.41) is 3.00. The maximum Gasteiger partial charge on any atom is 0.237 e. The van der Waals surface area contributed by atoms with Crippen molar-refractivity contribution in [3.8, 4) is 0 Å². The van der Waals surface area contributed by atoms with Crippen molar-refractivity contribution in [2.45, 2.75) is 53.1 Å². The maximum atomic E-state index is 11.9. The van der Waals surface area contributed by atoms with Gasteiger partial charge in [-0.2, -0.15) is 0 Å². The molecule has 0 spiro atoms. The molecule has 1 unspecified atom stereocenters. The van der Waals surface area contributed by atoms with Crippen LogP contribution in [0.3, 0.4) is 0 Å². The van der Waals surface area contributed by atoms with Gasteiger partial charge in [0.2, 0.25) is 5.91 Å². The van der Waals surface area contributed by atoms with Crippen molar-refractivity contribution < 1.29 is 4.79 Å². The summed E-state index contributed by atoms with van der Waals surface area (Å²) < 4.78 is 0. The van der Waals surface area contributed by atoms with Gasteiger partial charge in [-0.15, -0.1) is 23.7 Å². The van der Waals surface area contributed by atoms with E-state index < -0.39 is 6.04 Å². The minimum absolute atomic E-state index is 0. The highest BCUT2D eigenvalue weighted by atomic mass is 35.5. The zero-order valence-corrected chi connectivity index (χ0v) is 14.0. The van der Waals surface area contributed by atoms with Crippen molar-refractivity contribution in [1.82, 2.24) is 5.32 Å². The molecular formula is C14H25ClN2OS. The second kappa shape index (κ2) is 7.88. The predicted molar refractivity (Wildman–Crippen MR) is 85.0 cm³/mol. The Balaban J connectivity index is 0.00000324. The number of halogens is 1. The van der Waals surface area contributed by atoms with Crippen LogP contribution in [0.25, 0.3) is 0 Å². The molecule has 5 heteroatoms. The molecular weight excluding hydrogens is 280 g/mol. The zero-order chi connectivity index (χ0) is 13.9. The highest BCUT2D eigenvalue weighted by Gasteiger charge is 2.19. The first kappa shape index (κ1) is 18.4. The Bertz CT molecular complexity index is 418. The van der Waals surface area contributed by atoms with Crippen molar-refractivity contribution in [1.29, 1.82) is 0 Å².